The zero-order valence-corrected chi connectivity index (χ0v) is 18.3. The number of rotatable bonds is 12. The normalized spacial score (nSPS) is 11.6. The summed E-state index contributed by atoms with van der Waals surface area (Å²) >= 11 is 0. The topological polar surface area (TPSA) is 104 Å². The van der Waals surface area contributed by atoms with Crippen LogP contribution in [0.25, 0.3) is 0 Å². The molecule has 144 valence electrons. The van der Waals surface area contributed by atoms with Gasteiger partial charge in [-0.1, -0.05) is 37.0 Å². The Morgan fingerprint density at radius 3 is 1.89 bits per heavy atom. The van der Waals surface area contributed by atoms with Crippen molar-refractivity contribution in [3.05, 3.63) is 37.0 Å². The Bertz CT molecular complexity index is 543. The number of carboxylic acids is 1. The fourth-order valence-electron chi connectivity index (χ4n) is 2.15. The molecule has 2 amide bonds. The fraction of sp³-hybridized carbons (Fsp3) is 0.474. The van der Waals surface area contributed by atoms with Crippen molar-refractivity contribution < 1.29 is 58.6 Å². The standard InChI is InChI=1S/C19H27NO6.Na/c1-4-7-9-11-16(21)20(17(22)12-10-8-5-2)15(14-18(23)24)19(25)26-13-6-3;/h4-8,15H,3,9-14H2,1-2H3,(H,23,24);/q;+1/p-1/b7-4+,8-5+;. The van der Waals surface area contributed by atoms with Crippen molar-refractivity contribution in [1.82, 2.24) is 4.90 Å². The van der Waals surface area contributed by atoms with Gasteiger partial charge in [-0.05, 0) is 26.7 Å². The average molecular weight is 387 g/mol. The quantitative estimate of drug-likeness (QED) is 0.225. The number of imide groups is 1. The van der Waals surface area contributed by atoms with Gasteiger partial charge in [0.1, 0.15) is 12.6 Å². The Kier molecular flexibility index (Phi) is 16.8. The average Bonchev–Trinajstić information content (AvgIpc) is 2.59. The smallest absolute Gasteiger partial charge is 0.550 e. The van der Waals surface area contributed by atoms with E-state index < -0.39 is 36.2 Å². The van der Waals surface area contributed by atoms with Crippen molar-refractivity contribution in [3.8, 4) is 0 Å². The number of carbonyl (C=O) groups is 4. The number of esters is 1. The van der Waals surface area contributed by atoms with E-state index in [-0.39, 0.29) is 49.0 Å². The first-order chi connectivity index (χ1) is 12.4. The van der Waals surface area contributed by atoms with Crippen LogP contribution in [0.5, 0.6) is 0 Å². The molecule has 0 fully saturated rings. The maximum Gasteiger partial charge on any atom is 1.00 e. The summed E-state index contributed by atoms with van der Waals surface area (Å²) in [4.78, 5) is 49.0. The zero-order valence-electron chi connectivity index (χ0n) is 16.3. The van der Waals surface area contributed by atoms with Gasteiger partial charge in [0.25, 0.3) is 0 Å². The molecule has 27 heavy (non-hydrogen) atoms. The van der Waals surface area contributed by atoms with Crippen LogP contribution in [-0.2, 0) is 23.9 Å². The SMILES string of the molecule is C=CCOC(=O)C(CC(=O)[O-])N(C(=O)CC/C=C/C)C(=O)CC/C=C/C.[Na+]. The molecule has 8 heteroatoms. The molecule has 0 aliphatic heterocycles. The Morgan fingerprint density at radius 1 is 1.04 bits per heavy atom. The molecule has 0 aromatic carbocycles. The van der Waals surface area contributed by atoms with Gasteiger partial charge in [0.2, 0.25) is 11.8 Å². The van der Waals surface area contributed by atoms with E-state index >= 15 is 0 Å². The molecule has 7 nitrogen and oxygen atoms in total. The molecule has 1 atom stereocenters. The van der Waals surface area contributed by atoms with Crippen LogP contribution in [0.3, 0.4) is 0 Å². The number of ether oxygens (including phenoxy) is 1. The summed E-state index contributed by atoms with van der Waals surface area (Å²) < 4.78 is 4.86. The van der Waals surface area contributed by atoms with Gasteiger partial charge < -0.3 is 14.6 Å². The predicted molar refractivity (Wildman–Crippen MR) is 94.5 cm³/mol. The summed E-state index contributed by atoms with van der Waals surface area (Å²) in [5.74, 6) is -3.79. The predicted octanol–water partition coefficient (Wildman–Crippen LogP) is -1.70. The van der Waals surface area contributed by atoms with Gasteiger partial charge in [0.05, 0.1) is 0 Å². The first kappa shape index (κ1) is 27.5. The second kappa shape index (κ2) is 16.5. The van der Waals surface area contributed by atoms with E-state index in [1.807, 2.05) is 0 Å². The number of hydrogen-bond acceptors (Lipinski definition) is 6. The third-order valence-corrected chi connectivity index (χ3v) is 3.35. The van der Waals surface area contributed by atoms with Gasteiger partial charge in [-0.15, -0.1) is 0 Å². The fourth-order valence-corrected chi connectivity index (χ4v) is 2.15. The molecular weight excluding hydrogens is 361 g/mol. The van der Waals surface area contributed by atoms with Crippen molar-refractivity contribution >= 4 is 23.8 Å². The van der Waals surface area contributed by atoms with E-state index in [1.165, 1.54) is 6.08 Å². The molecule has 1 unspecified atom stereocenters. The number of aliphatic carboxylic acids is 1. The first-order valence-electron chi connectivity index (χ1n) is 8.43. The van der Waals surface area contributed by atoms with Crippen LogP contribution in [0, 0.1) is 0 Å². The molecular formula is C19H26NNaO6. The molecule has 0 saturated heterocycles. The van der Waals surface area contributed by atoms with E-state index in [2.05, 4.69) is 6.58 Å². The zero-order chi connectivity index (χ0) is 19.9. The van der Waals surface area contributed by atoms with Crippen molar-refractivity contribution in [2.75, 3.05) is 6.61 Å². The van der Waals surface area contributed by atoms with Crippen molar-refractivity contribution in [3.63, 3.8) is 0 Å². The number of nitrogens with zero attached hydrogens (tertiary/aromatic N) is 1. The second-order valence-corrected chi connectivity index (χ2v) is 5.38. The summed E-state index contributed by atoms with van der Waals surface area (Å²) in [5.41, 5.74) is 0. The third kappa shape index (κ3) is 11.6. The number of carbonyl (C=O) groups excluding carboxylic acids is 4. The van der Waals surface area contributed by atoms with Crippen LogP contribution in [-0.4, -0.2) is 41.3 Å². The van der Waals surface area contributed by atoms with Crippen LogP contribution >= 0.6 is 0 Å². The van der Waals surface area contributed by atoms with Gasteiger partial charge >= 0.3 is 35.5 Å². The van der Waals surface area contributed by atoms with Gasteiger partial charge in [-0.3, -0.25) is 14.5 Å². The number of carboxylic acid groups (broad SMARTS) is 1. The van der Waals surface area contributed by atoms with E-state index in [4.69, 9.17) is 4.74 Å². The molecule has 0 N–H and O–H groups in total. The molecule has 0 bridgehead atoms. The van der Waals surface area contributed by atoms with Crippen LogP contribution in [0.2, 0.25) is 0 Å². The molecule has 0 radical (unpaired) electrons. The van der Waals surface area contributed by atoms with Gasteiger partial charge in [-0.25, -0.2) is 4.79 Å². The summed E-state index contributed by atoms with van der Waals surface area (Å²) in [6, 6.07) is -1.56. The number of amides is 2. The van der Waals surface area contributed by atoms with E-state index in [0.717, 1.165) is 0 Å². The van der Waals surface area contributed by atoms with Crippen LogP contribution in [0.15, 0.2) is 37.0 Å². The minimum Gasteiger partial charge on any atom is -0.550 e. The Morgan fingerprint density at radius 2 is 1.52 bits per heavy atom. The largest absolute Gasteiger partial charge is 1.00 e. The van der Waals surface area contributed by atoms with Crippen LogP contribution < -0.4 is 34.7 Å². The van der Waals surface area contributed by atoms with Gasteiger partial charge in [0, 0.05) is 25.2 Å². The van der Waals surface area contributed by atoms with E-state index in [0.29, 0.717) is 17.7 Å². The second-order valence-electron chi connectivity index (χ2n) is 5.38. The Labute approximate surface area is 182 Å². The summed E-state index contributed by atoms with van der Waals surface area (Å²) in [6.07, 6.45) is 8.15. The molecule has 0 rings (SSSR count). The maximum atomic E-state index is 12.5. The van der Waals surface area contributed by atoms with Gasteiger partial charge in [0.15, 0.2) is 0 Å². The maximum absolute atomic E-state index is 12.5. The minimum absolute atomic E-state index is 0. The van der Waals surface area contributed by atoms with Crippen molar-refractivity contribution in [1.29, 1.82) is 0 Å². The third-order valence-electron chi connectivity index (χ3n) is 3.35. The Hall–Kier alpha value is -1.70. The molecule has 0 aromatic heterocycles. The van der Waals surface area contributed by atoms with Crippen LogP contribution in [0.1, 0.15) is 46.0 Å². The molecule has 0 aliphatic rings. The summed E-state index contributed by atoms with van der Waals surface area (Å²) in [5, 5.41) is 11.0. The monoisotopic (exact) mass is 387 g/mol. The Balaban J connectivity index is 0. The summed E-state index contributed by atoms with van der Waals surface area (Å²) in [6.45, 7) is 6.82. The van der Waals surface area contributed by atoms with E-state index in [9.17, 15) is 24.3 Å². The van der Waals surface area contributed by atoms with E-state index in [1.54, 1.807) is 38.2 Å². The van der Waals surface area contributed by atoms with Crippen molar-refractivity contribution in [2.24, 2.45) is 0 Å². The first-order valence-corrected chi connectivity index (χ1v) is 8.43. The van der Waals surface area contributed by atoms with Gasteiger partial charge in [-0.2, -0.15) is 0 Å². The molecule has 0 aliphatic carbocycles. The molecule has 0 aromatic rings. The molecule has 0 heterocycles. The van der Waals surface area contributed by atoms with Crippen LogP contribution in [0.4, 0.5) is 0 Å². The van der Waals surface area contributed by atoms with Crippen molar-refractivity contribution in [2.45, 2.75) is 52.0 Å². The number of allylic oxidation sites excluding steroid dienone is 4. The molecule has 0 saturated carbocycles. The minimum atomic E-state index is -1.56. The summed E-state index contributed by atoms with van der Waals surface area (Å²) in [7, 11) is 0. The molecule has 0 spiro atoms. The number of hydrogen-bond donors (Lipinski definition) is 0.